The van der Waals surface area contributed by atoms with Crippen molar-refractivity contribution >= 4 is 6.09 Å². The van der Waals surface area contributed by atoms with Crippen LogP contribution in [-0.2, 0) is 9.47 Å². The van der Waals surface area contributed by atoms with Gasteiger partial charge in [-0.1, -0.05) is 0 Å². The summed E-state index contributed by atoms with van der Waals surface area (Å²) in [6.07, 6.45) is 1.82. The predicted molar refractivity (Wildman–Crippen MR) is 81.2 cm³/mol. The molecular weight excluding hydrogens is 270 g/mol. The standard InChI is InChI=1S/C15H29N3O3/c1-15(2,3)21-14(19)18-8-4-5-13(18)11-20-12-17-9-6-16-7-10-17/h13,16H,4-12H2,1-3H3/t13-/m0/s1. The van der Waals surface area contributed by atoms with E-state index in [1.807, 2.05) is 25.7 Å². The normalized spacial score (nSPS) is 24.3. The number of nitrogens with zero attached hydrogens (tertiary/aromatic N) is 2. The number of nitrogens with one attached hydrogen (secondary N) is 1. The van der Waals surface area contributed by atoms with E-state index in [0.29, 0.717) is 13.3 Å². The van der Waals surface area contributed by atoms with Crippen LogP contribution in [0.25, 0.3) is 0 Å². The molecule has 0 saturated carbocycles. The lowest BCUT2D eigenvalue weighted by molar-refractivity contribution is -0.0135. The number of amides is 1. The quantitative estimate of drug-likeness (QED) is 0.847. The number of hydrogen-bond donors (Lipinski definition) is 1. The molecule has 0 aliphatic carbocycles. The van der Waals surface area contributed by atoms with Gasteiger partial charge in [0.2, 0.25) is 0 Å². The Balaban J connectivity index is 1.72. The number of likely N-dealkylation sites (tertiary alicyclic amines) is 1. The molecule has 6 heteroatoms. The maximum Gasteiger partial charge on any atom is 0.410 e. The van der Waals surface area contributed by atoms with Gasteiger partial charge in [-0.15, -0.1) is 0 Å². The Kier molecular flexibility index (Phi) is 5.84. The minimum atomic E-state index is -0.439. The summed E-state index contributed by atoms with van der Waals surface area (Å²) in [5.74, 6) is 0. The van der Waals surface area contributed by atoms with Crippen LogP contribution in [0.2, 0.25) is 0 Å². The molecule has 1 N–H and O–H groups in total. The number of piperazine rings is 1. The summed E-state index contributed by atoms with van der Waals surface area (Å²) in [4.78, 5) is 16.3. The van der Waals surface area contributed by atoms with Crippen LogP contribution < -0.4 is 5.32 Å². The molecule has 1 atom stereocenters. The van der Waals surface area contributed by atoms with Gasteiger partial charge in [0.15, 0.2) is 0 Å². The van der Waals surface area contributed by atoms with Crippen LogP contribution in [0.4, 0.5) is 4.79 Å². The summed E-state index contributed by atoms with van der Waals surface area (Å²) >= 11 is 0. The molecule has 2 rings (SSSR count). The van der Waals surface area contributed by atoms with E-state index in [2.05, 4.69) is 10.2 Å². The predicted octanol–water partition coefficient (Wildman–Crippen LogP) is 1.27. The van der Waals surface area contributed by atoms with Crippen molar-refractivity contribution < 1.29 is 14.3 Å². The van der Waals surface area contributed by atoms with Crippen molar-refractivity contribution in [2.75, 3.05) is 46.1 Å². The van der Waals surface area contributed by atoms with E-state index in [0.717, 1.165) is 45.6 Å². The Morgan fingerprint density at radius 1 is 1.24 bits per heavy atom. The Morgan fingerprint density at radius 2 is 1.95 bits per heavy atom. The molecule has 6 nitrogen and oxygen atoms in total. The fourth-order valence-corrected chi connectivity index (χ4v) is 2.73. The summed E-state index contributed by atoms with van der Waals surface area (Å²) in [5, 5.41) is 3.32. The van der Waals surface area contributed by atoms with Crippen molar-refractivity contribution in [1.82, 2.24) is 15.1 Å². The van der Waals surface area contributed by atoms with Gasteiger partial charge in [-0.25, -0.2) is 4.79 Å². The van der Waals surface area contributed by atoms with Gasteiger partial charge >= 0.3 is 6.09 Å². The van der Waals surface area contributed by atoms with Crippen molar-refractivity contribution in [2.45, 2.75) is 45.3 Å². The van der Waals surface area contributed by atoms with Crippen molar-refractivity contribution in [3.05, 3.63) is 0 Å². The van der Waals surface area contributed by atoms with Crippen molar-refractivity contribution in [3.8, 4) is 0 Å². The largest absolute Gasteiger partial charge is 0.444 e. The summed E-state index contributed by atoms with van der Waals surface area (Å²) in [6, 6.07) is 0.155. The maximum absolute atomic E-state index is 12.2. The molecule has 0 bridgehead atoms. The van der Waals surface area contributed by atoms with Gasteiger partial charge in [0, 0.05) is 32.7 Å². The molecule has 1 amide bonds. The minimum absolute atomic E-state index is 0.155. The molecule has 0 radical (unpaired) electrons. The zero-order valence-corrected chi connectivity index (χ0v) is 13.6. The van der Waals surface area contributed by atoms with Crippen LogP contribution in [0.5, 0.6) is 0 Å². The van der Waals surface area contributed by atoms with E-state index in [9.17, 15) is 4.79 Å². The summed E-state index contributed by atoms with van der Waals surface area (Å²) in [6.45, 7) is 11.8. The van der Waals surface area contributed by atoms with Gasteiger partial charge in [-0.3, -0.25) is 4.90 Å². The third kappa shape index (κ3) is 5.45. The van der Waals surface area contributed by atoms with Crippen LogP contribution in [0, 0.1) is 0 Å². The second-order valence-electron chi connectivity index (χ2n) is 6.84. The second kappa shape index (κ2) is 7.42. The lowest BCUT2D eigenvalue weighted by atomic mass is 10.2. The van der Waals surface area contributed by atoms with Gasteiger partial charge in [0.05, 0.1) is 19.4 Å². The van der Waals surface area contributed by atoms with Crippen LogP contribution in [0.3, 0.4) is 0 Å². The van der Waals surface area contributed by atoms with E-state index in [4.69, 9.17) is 9.47 Å². The summed E-state index contributed by atoms with van der Waals surface area (Å²) in [7, 11) is 0. The molecule has 0 aromatic rings. The summed E-state index contributed by atoms with van der Waals surface area (Å²) in [5.41, 5.74) is -0.439. The van der Waals surface area contributed by atoms with E-state index < -0.39 is 5.60 Å². The van der Waals surface area contributed by atoms with Crippen LogP contribution in [0.1, 0.15) is 33.6 Å². The number of carbonyl (C=O) groups excluding carboxylic acids is 1. The van der Waals surface area contributed by atoms with Crippen molar-refractivity contribution in [3.63, 3.8) is 0 Å². The average Bonchev–Trinajstić information content (AvgIpc) is 2.86. The first-order valence-electron chi connectivity index (χ1n) is 7.96. The number of rotatable bonds is 4. The zero-order chi connectivity index (χ0) is 15.3. The second-order valence-corrected chi connectivity index (χ2v) is 6.84. The molecule has 21 heavy (non-hydrogen) atoms. The molecule has 0 aromatic heterocycles. The van der Waals surface area contributed by atoms with E-state index in [1.54, 1.807) is 0 Å². The number of hydrogen-bond acceptors (Lipinski definition) is 5. The molecule has 0 aromatic carbocycles. The molecule has 0 unspecified atom stereocenters. The van der Waals surface area contributed by atoms with E-state index >= 15 is 0 Å². The first kappa shape index (κ1) is 16.5. The smallest absolute Gasteiger partial charge is 0.410 e. The molecular formula is C15H29N3O3. The Morgan fingerprint density at radius 3 is 2.62 bits per heavy atom. The third-order valence-electron chi connectivity index (χ3n) is 3.80. The summed E-state index contributed by atoms with van der Waals surface area (Å²) < 4.78 is 11.3. The average molecular weight is 299 g/mol. The van der Waals surface area contributed by atoms with Gasteiger partial charge in [-0.05, 0) is 33.6 Å². The van der Waals surface area contributed by atoms with E-state index in [-0.39, 0.29) is 12.1 Å². The Labute approximate surface area is 127 Å². The lowest BCUT2D eigenvalue weighted by Gasteiger charge is -2.30. The first-order chi connectivity index (χ1) is 9.96. The van der Waals surface area contributed by atoms with Gasteiger partial charge in [0.1, 0.15) is 5.60 Å². The monoisotopic (exact) mass is 299 g/mol. The highest BCUT2D eigenvalue weighted by Crippen LogP contribution is 2.21. The fraction of sp³-hybridized carbons (Fsp3) is 0.933. The highest BCUT2D eigenvalue weighted by Gasteiger charge is 2.32. The van der Waals surface area contributed by atoms with Gasteiger partial charge in [-0.2, -0.15) is 0 Å². The topological polar surface area (TPSA) is 54.0 Å². The van der Waals surface area contributed by atoms with Crippen LogP contribution in [0.15, 0.2) is 0 Å². The molecule has 122 valence electrons. The molecule has 2 aliphatic rings. The fourth-order valence-electron chi connectivity index (χ4n) is 2.73. The third-order valence-corrected chi connectivity index (χ3v) is 3.80. The molecule has 0 spiro atoms. The Hall–Kier alpha value is -0.850. The van der Waals surface area contributed by atoms with E-state index in [1.165, 1.54) is 0 Å². The van der Waals surface area contributed by atoms with Gasteiger partial charge < -0.3 is 19.7 Å². The number of ether oxygens (including phenoxy) is 2. The highest BCUT2D eigenvalue weighted by molar-refractivity contribution is 5.68. The SMILES string of the molecule is CC(C)(C)OC(=O)N1CCC[C@H]1COCN1CCNCC1. The minimum Gasteiger partial charge on any atom is -0.444 e. The molecule has 2 saturated heterocycles. The first-order valence-corrected chi connectivity index (χ1v) is 7.96. The van der Waals surface area contributed by atoms with Crippen molar-refractivity contribution in [2.24, 2.45) is 0 Å². The molecule has 2 fully saturated rings. The molecule has 2 heterocycles. The van der Waals surface area contributed by atoms with Crippen molar-refractivity contribution in [1.29, 1.82) is 0 Å². The number of carbonyl (C=O) groups is 1. The van der Waals surface area contributed by atoms with Gasteiger partial charge in [0.25, 0.3) is 0 Å². The Bertz CT molecular complexity index is 338. The van der Waals surface area contributed by atoms with Crippen LogP contribution >= 0.6 is 0 Å². The zero-order valence-electron chi connectivity index (χ0n) is 13.6. The molecule has 2 aliphatic heterocycles. The highest BCUT2D eigenvalue weighted by atomic mass is 16.6. The van der Waals surface area contributed by atoms with Crippen LogP contribution in [-0.4, -0.2) is 73.6 Å². The lowest BCUT2D eigenvalue weighted by Crippen LogP contribution is -2.45. The maximum atomic E-state index is 12.2.